The zero-order valence-corrected chi connectivity index (χ0v) is 12.7. The minimum atomic E-state index is 0.367. The zero-order valence-electron chi connectivity index (χ0n) is 11.9. The molecule has 0 atom stereocenters. The van der Waals surface area contributed by atoms with E-state index < -0.39 is 0 Å². The Morgan fingerprint density at radius 1 is 1.32 bits per heavy atom. The van der Waals surface area contributed by atoms with Gasteiger partial charge in [0.1, 0.15) is 10.6 Å². The van der Waals surface area contributed by atoms with Crippen molar-refractivity contribution >= 4 is 33.3 Å². The van der Waals surface area contributed by atoms with Crippen LogP contribution in [-0.4, -0.2) is 22.6 Å². The van der Waals surface area contributed by atoms with Gasteiger partial charge in [0.2, 0.25) is 5.95 Å². The predicted molar refractivity (Wildman–Crippen MR) is 83.8 cm³/mol. The number of nitrogens with zero attached hydrogens (tertiary/aromatic N) is 3. The second kappa shape index (κ2) is 6.19. The summed E-state index contributed by atoms with van der Waals surface area (Å²) in [5.41, 5.74) is 5.83. The maximum Gasteiger partial charge on any atom is 0.223 e. The van der Waals surface area contributed by atoms with E-state index in [0.29, 0.717) is 12.0 Å². The van der Waals surface area contributed by atoms with Crippen LogP contribution in [0, 0.1) is 0 Å². The van der Waals surface area contributed by atoms with Gasteiger partial charge in [-0.05, 0) is 31.7 Å². The number of nitrogen functional groups attached to an aromatic ring is 1. The fourth-order valence-corrected chi connectivity index (χ4v) is 2.98. The molecular formula is C14H22N4S. The molecule has 0 radical (unpaired) electrons. The van der Waals surface area contributed by atoms with Crippen molar-refractivity contribution in [1.29, 1.82) is 0 Å². The van der Waals surface area contributed by atoms with Crippen LogP contribution in [0.5, 0.6) is 0 Å². The highest BCUT2D eigenvalue weighted by Crippen LogP contribution is 2.29. The van der Waals surface area contributed by atoms with Crippen molar-refractivity contribution in [3.8, 4) is 0 Å². The molecule has 5 heteroatoms. The number of anilines is 2. The van der Waals surface area contributed by atoms with Crippen LogP contribution in [0.4, 0.5) is 11.8 Å². The lowest BCUT2D eigenvalue weighted by Crippen LogP contribution is -2.32. The smallest absolute Gasteiger partial charge is 0.223 e. The summed E-state index contributed by atoms with van der Waals surface area (Å²) in [5, 5.41) is 3.16. The summed E-state index contributed by atoms with van der Waals surface area (Å²) in [6.07, 6.45) is 3.66. The molecular weight excluding hydrogens is 256 g/mol. The molecule has 2 rings (SSSR count). The number of aromatic nitrogens is 2. The van der Waals surface area contributed by atoms with Crippen molar-refractivity contribution < 1.29 is 0 Å². The lowest BCUT2D eigenvalue weighted by Gasteiger charge is -2.28. The number of thiophene rings is 1. The Kier molecular flexibility index (Phi) is 4.58. The highest BCUT2D eigenvalue weighted by molar-refractivity contribution is 7.16. The number of fused-ring (bicyclic) bond motifs is 1. The molecule has 0 aromatic carbocycles. The Hall–Kier alpha value is -1.36. The van der Waals surface area contributed by atoms with Crippen molar-refractivity contribution in [3.63, 3.8) is 0 Å². The summed E-state index contributed by atoms with van der Waals surface area (Å²) in [5.74, 6) is 1.35. The van der Waals surface area contributed by atoms with E-state index in [0.717, 1.165) is 22.6 Å². The summed E-state index contributed by atoms with van der Waals surface area (Å²) in [6, 6.07) is 2.50. The molecule has 0 fully saturated rings. The Balaban J connectivity index is 2.35. The minimum Gasteiger partial charge on any atom is -0.368 e. The topological polar surface area (TPSA) is 55.0 Å². The van der Waals surface area contributed by atoms with E-state index in [1.165, 1.54) is 19.3 Å². The van der Waals surface area contributed by atoms with E-state index >= 15 is 0 Å². The quantitative estimate of drug-likeness (QED) is 0.819. The Morgan fingerprint density at radius 2 is 2.11 bits per heavy atom. The second-order valence-corrected chi connectivity index (χ2v) is 5.93. The van der Waals surface area contributed by atoms with Crippen molar-refractivity contribution in [2.75, 3.05) is 17.2 Å². The van der Waals surface area contributed by atoms with Crippen LogP contribution in [0.3, 0.4) is 0 Å². The average molecular weight is 278 g/mol. The molecule has 2 heterocycles. The monoisotopic (exact) mass is 278 g/mol. The third-order valence-electron chi connectivity index (χ3n) is 3.22. The first kappa shape index (κ1) is 14.1. The van der Waals surface area contributed by atoms with Gasteiger partial charge in [-0.1, -0.05) is 19.8 Å². The maximum atomic E-state index is 5.83. The van der Waals surface area contributed by atoms with E-state index in [2.05, 4.69) is 41.7 Å². The predicted octanol–water partition coefficient (Wildman–Crippen LogP) is 3.68. The van der Waals surface area contributed by atoms with Crippen molar-refractivity contribution in [3.05, 3.63) is 11.4 Å². The number of nitrogens with two attached hydrogens (primary N) is 1. The molecule has 0 saturated heterocycles. The number of rotatable bonds is 6. The van der Waals surface area contributed by atoms with E-state index in [-0.39, 0.29) is 0 Å². The summed E-state index contributed by atoms with van der Waals surface area (Å²) in [4.78, 5) is 12.1. The molecule has 0 spiro atoms. The molecule has 0 saturated carbocycles. The molecule has 19 heavy (non-hydrogen) atoms. The van der Waals surface area contributed by atoms with Crippen molar-refractivity contribution in [1.82, 2.24) is 9.97 Å². The molecule has 0 aliphatic heterocycles. The van der Waals surface area contributed by atoms with E-state index in [1.54, 1.807) is 11.3 Å². The SMILES string of the molecule is CCCCCN(c1nc(N)nc2sccc12)C(C)C. The fourth-order valence-electron chi connectivity index (χ4n) is 2.22. The number of hydrogen-bond acceptors (Lipinski definition) is 5. The fraction of sp³-hybridized carbons (Fsp3) is 0.571. The van der Waals surface area contributed by atoms with Gasteiger partial charge in [0.15, 0.2) is 0 Å². The van der Waals surface area contributed by atoms with Gasteiger partial charge in [-0.25, -0.2) is 4.98 Å². The molecule has 4 nitrogen and oxygen atoms in total. The third kappa shape index (κ3) is 3.15. The van der Waals surface area contributed by atoms with Crippen molar-refractivity contribution in [2.24, 2.45) is 0 Å². The van der Waals surface area contributed by atoms with E-state index in [4.69, 9.17) is 5.73 Å². The highest BCUT2D eigenvalue weighted by atomic mass is 32.1. The van der Waals surface area contributed by atoms with Gasteiger partial charge in [-0.15, -0.1) is 11.3 Å². The first-order valence-electron chi connectivity index (χ1n) is 6.90. The van der Waals surface area contributed by atoms with Gasteiger partial charge in [0, 0.05) is 12.6 Å². The third-order valence-corrected chi connectivity index (χ3v) is 4.03. The van der Waals surface area contributed by atoms with Crippen LogP contribution in [0.1, 0.15) is 40.0 Å². The molecule has 0 bridgehead atoms. The van der Waals surface area contributed by atoms with Gasteiger partial charge in [0.05, 0.1) is 5.39 Å². The number of hydrogen-bond donors (Lipinski definition) is 1. The summed E-state index contributed by atoms with van der Waals surface area (Å²) in [7, 11) is 0. The Labute approximate surface area is 118 Å². The van der Waals surface area contributed by atoms with Crippen LogP contribution in [-0.2, 0) is 0 Å². The average Bonchev–Trinajstić information content (AvgIpc) is 2.81. The molecule has 104 valence electrons. The first-order valence-corrected chi connectivity index (χ1v) is 7.78. The molecule has 0 unspecified atom stereocenters. The molecule has 0 aliphatic rings. The van der Waals surface area contributed by atoms with Gasteiger partial charge >= 0.3 is 0 Å². The standard InChI is InChI=1S/C14H22N4S/c1-4-5-6-8-18(10(2)3)12-11-7-9-19-13(11)17-14(15)16-12/h7,9-10H,4-6,8H2,1-3H3,(H2,15,16,17). The molecule has 2 N–H and O–H groups in total. The van der Waals surface area contributed by atoms with Crippen LogP contribution in [0.15, 0.2) is 11.4 Å². The van der Waals surface area contributed by atoms with Crippen LogP contribution < -0.4 is 10.6 Å². The summed E-state index contributed by atoms with van der Waals surface area (Å²) < 4.78 is 0. The molecule has 2 aromatic heterocycles. The Morgan fingerprint density at radius 3 is 2.79 bits per heavy atom. The van der Waals surface area contributed by atoms with Crippen molar-refractivity contribution in [2.45, 2.75) is 46.1 Å². The number of unbranched alkanes of at least 4 members (excludes halogenated alkanes) is 2. The zero-order chi connectivity index (χ0) is 13.8. The van der Waals surface area contributed by atoms with E-state index in [9.17, 15) is 0 Å². The van der Waals surface area contributed by atoms with E-state index in [1.807, 2.05) is 5.38 Å². The van der Waals surface area contributed by atoms with Crippen LogP contribution >= 0.6 is 11.3 Å². The lowest BCUT2D eigenvalue weighted by atomic mass is 10.2. The van der Waals surface area contributed by atoms with Gasteiger partial charge in [-0.3, -0.25) is 0 Å². The second-order valence-electron chi connectivity index (χ2n) is 5.04. The lowest BCUT2D eigenvalue weighted by molar-refractivity contribution is 0.622. The first-order chi connectivity index (χ1) is 9.13. The molecule has 0 amide bonds. The normalized spacial score (nSPS) is 11.4. The van der Waals surface area contributed by atoms with Crippen LogP contribution in [0.25, 0.3) is 10.2 Å². The van der Waals surface area contributed by atoms with Gasteiger partial charge < -0.3 is 10.6 Å². The summed E-state index contributed by atoms with van der Waals surface area (Å²) in [6.45, 7) is 7.64. The molecule has 2 aromatic rings. The minimum absolute atomic E-state index is 0.367. The highest BCUT2D eigenvalue weighted by Gasteiger charge is 2.16. The van der Waals surface area contributed by atoms with Gasteiger partial charge in [-0.2, -0.15) is 4.98 Å². The summed E-state index contributed by atoms with van der Waals surface area (Å²) >= 11 is 1.62. The Bertz CT molecular complexity index is 535. The maximum absolute atomic E-state index is 5.83. The van der Waals surface area contributed by atoms with Crippen LogP contribution in [0.2, 0.25) is 0 Å². The van der Waals surface area contributed by atoms with Gasteiger partial charge in [0.25, 0.3) is 0 Å². The molecule has 0 aliphatic carbocycles. The largest absolute Gasteiger partial charge is 0.368 e.